The molecule has 1 N–H and O–H groups in total. The lowest BCUT2D eigenvalue weighted by Crippen LogP contribution is -2.36. The number of rotatable bonds is 2. The predicted molar refractivity (Wildman–Crippen MR) is 54.3 cm³/mol. The fourth-order valence-corrected chi connectivity index (χ4v) is 1.65. The number of hydrazine groups is 1. The van der Waals surface area contributed by atoms with E-state index in [1.165, 1.54) is 0 Å². The SMILES string of the molecule is N#C[C@@H](c1ccccc1)N1CCC(=O)N1. The Morgan fingerprint density at radius 1 is 1.40 bits per heavy atom. The van der Waals surface area contributed by atoms with Gasteiger partial charge in [-0.15, -0.1) is 0 Å². The number of nitrogens with one attached hydrogen (secondary N) is 1. The van der Waals surface area contributed by atoms with E-state index in [9.17, 15) is 4.79 Å². The number of nitrogens with zero attached hydrogens (tertiary/aromatic N) is 2. The molecule has 2 rings (SSSR count). The van der Waals surface area contributed by atoms with Crippen molar-refractivity contribution < 1.29 is 4.79 Å². The Balaban J connectivity index is 2.19. The van der Waals surface area contributed by atoms with Crippen LogP contribution in [0.3, 0.4) is 0 Å². The molecule has 0 unspecified atom stereocenters. The first kappa shape index (κ1) is 9.69. The van der Waals surface area contributed by atoms with Crippen molar-refractivity contribution in [3.05, 3.63) is 35.9 Å². The maximum Gasteiger partial charge on any atom is 0.235 e. The normalized spacial score (nSPS) is 18.2. The first-order valence-corrected chi connectivity index (χ1v) is 4.82. The van der Waals surface area contributed by atoms with Gasteiger partial charge in [-0.25, -0.2) is 0 Å². The molecule has 4 nitrogen and oxygen atoms in total. The summed E-state index contributed by atoms with van der Waals surface area (Å²) >= 11 is 0. The van der Waals surface area contributed by atoms with Crippen LogP contribution >= 0.6 is 0 Å². The first-order chi connectivity index (χ1) is 7.31. The van der Waals surface area contributed by atoms with Crippen molar-refractivity contribution in [2.75, 3.05) is 6.54 Å². The lowest BCUT2D eigenvalue weighted by Gasteiger charge is -2.20. The molecule has 76 valence electrons. The van der Waals surface area contributed by atoms with Crippen LogP contribution in [0, 0.1) is 11.3 Å². The summed E-state index contributed by atoms with van der Waals surface area (Å²) in [6.07, 6.45) is 0.463. The van der Waals surface area contributed by atoms with Crippen LogP contribution in [0.15, 0.2) is 30.3 Å². The van der Waals surface area contributed by atoms with Crippen LogP contribution in [-0.2, 0) is 4.79 Å². The van der Waals surface area contributed by atoms with Crippen molar-refractivity contribution in [2.24, 2.45) is 0 Å². The summed E-state index contributed by atoms with van der Waals surface area (Å²) < 4.78 is 0. The maximum atomic E-state index is 11.0. The second-order valence-electron chi connectivity index (χ2n) is 3.42. The lowest BCUT2D eigenvalue weighted by molar-refractivity contribution is -0.121. The summed E-state index contributed by atoms with van der Waals surface area (Å²) in [7, 11) is 0. The Morgan fingerprint density at radius 3 is 2.67 bits per heavy atom. The first-order valence-electron chi connectivity index (χ1n) is 4.82. The lowest BCUT2D eigenvalue weighted by atomic mass is 10.1. The van der Waals surface area contributed by atoms with Crippen LogP contribution in [0.1, 0.15) is 18.0 Å². The molecule has 1 heterocycles. The predicted octanol–water partition coefficient (Wildman–Crippen LogP) is 0.988. The fourth-order valence-electron chi connectivity index (χ4n) is 1.65. The molecular formula is C11H11N3O. The topological polar surface area (TPSA) is 56.1 Å². The number of nitriles is 1. The van der Waals surface area contributed by atoms with E-state index in [2.05, 4.69) is 11.5 Å². The highest BCUT2D eigenvalue weighted by atomic mass is 16.2. The van der Waals surface area contributed by atoms with Crippen LogP contribution in [-0.4, -0.2) is 17.5 Å². The van der Waals surface area contributed by atoms with E-state index in [1.54, 1.807) is 5.01 Å². The third-order valence-electron chi connectivity index (χ3n) is 2.40. The standard InChI is InChI=1S/C11H11N3O/c12-8-10(9-4-2-1-3-5-9)14-7-6-11(15)13-14/h1-5,10H,6-7H2,(H,13,15)/t10-/m0/s1. The minimum absolute atomic E-state index is 0.0221. The molecule has 1 aliphatic rings. The van der Waals surface area contributed by atoms with Gasteiger partial charge in [0.25, 0.3) is 0 Å². The van der Waals surface area contributed by atoms with E-state index in [1.807, 2.05) is 30.3 Å². The van der Waals surface area contributed by atoms with Crippen LogP contribution < -0.4 is 5.43 Å². The summed E-state index contributed by atoms with van der Waals surface area (Å²) in [6, 6.07) is 11.3. The molecule has 1 saturated heterocycles. The van der Waals surface area contributed by atoms with E-state index in [-0.39, 0.29) is 5.91 Å². The Labute approximate surface area is 88.1 Å². The minimum atomic E-state index is -0.391. The number of carbonyl (C=O) groups is 1. The van der Waals surface area contributed by atoms with Gasteiger partial charge in [0, 0.05) is 13.0 Å². The van der Waals surface area contributed by atoms with E-state index in [0.717, 1.165) is 5.56 Å². The molecule has 15 heavy (non-hydrogen) atoms. The molecule has 1 amide bonds. The van der Waals surface area contributed by atoms with Gasteiger partial charge in [0.1, 0.15) is 6.04 Å². The van der Waals surface area contributed by atoms with Crippen molar-refractivity contribution in [1.29, 1.82) is 5.26 Å². The number of benzene rings is 1. The molecule has 1 aromatic carbocycles. The average molecular weight is 201 g/mol. The summed E-state index contributed by atoms with van der Waals surface area (Å²) in [5.41, 5.74) is 3.58. The van der Waals surface area contributed by atoms with Crippen LogP contribution in [0.25, 0.3) is 0 Å². The second kappa shape index (κ2) is 4.11. The molecule has 0 aliphatic carbocycles. The Kier molecular flexibility index (Phi) is 2.66. The van der Waals surface area contributed by atoms with E-state index < -0.39 is 6.04 Å². The maximum absolute atomic E-state index is 11.0. The van der Waals surface area contributed by atoms with Gasteiger partial charge in [-0.3, -0.25) is 10.2 Å². The molecule has 1 atom stereocenters. The molecule has 1 fully saturated rings. The van der Waals surface area contributed by atoms with Gasteiger partial charge >= 0.3 is 0 Å². The van der Waals surface area contributed by atoms with Gasteiger partial charge in [-0.2, -0.15) is 10.3 Å². The smallest absolute Gasteiger partial charge is 0.235 e. The Morgan fingerprint density at radius 2 is 2.13 bits per heavy atom. The molecule has 1 aromatic rings. The Bertz CT molecular complexity index is 396. The van der Waals surface area contributed by atoms with Crippen molar-refractivity contribution in [3.63, 3.8) is 0 Å². The fraction of sp³-hybridized carbons (Fsp3) is 0.273. The molecule has 0 saturated carbocycles. The monoisotopic (exact) mass is 201 g/mol. The molecule has 4 heteroatoms. The van der Waals surface area contributed by atoms with Gasteiger partial charge in [0.05, 0.1) is 6.07 Å². The zero-order valence-corrected chi connectivity index (χ0v) is 8.18. The highest BCUT2D eigenvalue weighted by Crippen LogP contribution is 2.20. The van der Waals surface area contributed by atoms with Gasteiger partial charge in [-0.1, -0.05) is 30.3 Å². The molecule has 0 radical (unpaired) electrons. The van der Waals surface area contributed by atoms with Gasteiger partial charge in [-0.05, 0) is 5.56 Å². The quantitative estimate of drug-likeness (QED) is 0.776. The van der Waals surface area contributed by atoms with Gasteiger partial charge in [0.2, 0.25) is 5.91 Å². The average Bonchev–Trinajstić information content (AvgIpc) is 2.68. The highest BCUT2D eigenvalue weighted by molar-refractivity contribution is 5.77. The zero-order chi connectivity index (χ0) is 10.7. The third-order valence-corrected chi connectivity index (χ3v) is 2.40. The summed E-state index contributed by atoms with van der Waals surface area (Å²) in [5.74, 6) is -0.0221. The number of hydrogen-bond acceptors (Lipinski definition) is 3. The van der Waals surface area contributed by atoms with Crippen LogP contribution in [0.4, 0.5) is 0 Å². The zero-order valence-electron chi connectivity index (χ0n) is 8.18. The van der Waals surface area contributed by atoms with Gasteiger partial charge in [0.15, 0.2) is 0 Å². The largest absolute Gasteiger partial charge is 0.287 e. The summed E-state index contributed by atoms with van der Waals surface area (Å²) in [4.78, 5) is 11.0. The van der Waals surface area contributed by atoms with E-state index in [4.69, 9.17) is 5.26 Å². The van der Waals surface area contributed by atoms with Crippen LogP contribution in [0.2, 0.25) is 0 Å². The highest BCUT2D eigenvalue weighted by Gasteiger charge is 2.26. The minimum Gasteiger partial charge on any atom is -0.287 e. The molecular weight excluding hydrogens is 190 g/mol. The number of amides is 1. The van der Waals surface area contributed by atoms with Gasteiger partial charge < -0.3 is 0 Å². The van der Waals surface area contributed by atoms with Crippen molar-refractivity contribution in [3.8, 4) is 6.07 Å². The van der Waals surface area contributed by atoms with E-state index in [0.29, 0.717) is 13.0 Å². The second-order valence-corrected chi connectivity index (χ2v) is 3.42. The van der Waals surface area contributed by atoms with Crippen molar-refractivity contribution in [2.45, 2.75) is 12.5 Å². The molecule has 0 bridgehead atoms. The van der Waals surface area contributed by atoms with E-state index >= 15 is 0 Å². The molecule has 0 aromatic heterocycles. The molecule has 0 spiro atoms. The van der Waals surface area contributed by atoms with Crippen molar-refractivity contribution in [1.82, 2.24) is 10.4 Å². The van der Waals surface area contributed by atoms with Crippen LogP contribution in [0.5, 0.6) is 0 Å². The third kappa shape index (κ3) is 1.97. The summed E-state index contributed by atoms with van der Waals surface area (Å²) in [6.45, 7) is 0.589. The molecule has 1 aliphatic heterocycles. The van der Waals surface area contributed by atoms with Crippen molar-refractivity contribution >= 4 is 5.91 Å². The summed E-state index contributed by atoms with van der Waals surface area (Å²) in [5, 5.41) is 10.8. The Hall–Kier alpha value is -1.86. The number of carbonyl (C=O) groups excluding carboxylic acids is 1. The number of hydrogen-bond donors (Lipinski definition) is 1.